The number of rotatable bonds is 9. The zero-order valence-electron chi connectivity index (χ0n) is 17.6. The molecule has 0 unspecified atom stereocenters. The Morgan fingerprint density at radius 1 is 1.00 bits per heavy atom. The number of ketones is 1. The Labute approximate surface area is 190 Å². The number of carbonyl (C=O) groups excluding carboxylic acids is 1. The third-order valence-corrected chi connectivity index (χ3v) is 5.95. The van der Waals surface area contributed by atoms with Crippen LogP contribution >= 0.6 is 0 Å². The van der Waals surface area contributed by atoms with Crippen molar-refractivity contribution in [3.05, 3.63) is 93.0 Å². The summed E-state index contributed by atoms with van der Waals surface area (Å²) < 4.78 is 38.1. The lowest BCUT2D eigenvalue weighted by Gasteiger charge is -2.12. The molecule has 0 fully saturated rings. The van der Waals surface area contributed by atoms with E-state index in [1.165, 1.54) is 36.4 Å². The molecule has 33 heavy (non-hydrogen) atoms. The number of aromatic hydroxyl groups is 1. The van der Waals surface area contributed by atoms with Gasteiger partial charge in [-0.05, 0) is 67.8 Å². The fourth-order valence-electron chi connectivity index (χ4n) is 3.26. The molecule has 0 atom stereocenters. The highest BCUT2D eigenvalue weighted by molar-refractivity contribution is 7.85. The maximum Gasteiger partial charge on any atom is 0.294 e. The summed E-state index contributed by atoms with van der Waals surface area (Å²) in [6.07, 6.45) is 0.530. The number of ether oxygens (including phenoxy) is 1. The first-order valence-corrected chi connectivity index (χ1v) is 11.3. The monoisotopic (exact) mass is 471 g/mol. The molecule has 0 amide bonds. The third kappa shape index (κ3) is 5.73. The van der Waals surface area contributed by atoms with Crippen LogP contribution in [-0.4, -0.2) is 35.4 Å². The molecule has 0 aliphatic heterocycles. The van der Waals surface area contributed by atoms with E-state index < -0.39 is 15.0 Å². The van der Waals surface area contributed by atoms with Crippen molar-refractivity contribution >= 4 is 21.6 Å². The van der Waals surface area contributed by atoms with Gasteiger partial charge >= 0.3 is 0 Å². The molecule has 0 radical (unpaired) electrons. The van der Waals surface area contributed by atoms with E-state index in [1.807, 2.05) is 0 Å². The number of nitro benzene ring substituents is 1. The highest BCUT2D eigenvalue weighted by Gasteiger charge is 2.19. The number of phenolic OH excluding ortho intramolecular Hbond substituents is 1. The van der Waals surface area contributed by atoms with Crippen molar-refractivity contribution in [1.82, 2.24) is 0 Å². The van der Waals surface area contributed by atoms with Gasteiger partial charge in [0, 0.05) is 28.8 Å². The van der Waals surface area contributed by atoms with Gasteiger partial charge in [-0.2, -0.15) is 8.42 Å². The number of benzene rings is 3. The molecule has 0 saturated heterocycles. The number of non-ortho nitro benzene ring substituents is 1. The molecule has 0 bridgehead atoms. The van der Waals surface area contributed by atoms with Gasteiger partial charge in [-0.3, -0.25) is 19.5 Å². The molecule has 3 aromatic rings. The largest absolute Gasteiger partial charge is 0.507 e. The number of hydrogen-bond acceptors (Lipinski definition) is 7. The van der Waals surface area contributed by atoms with E-state index in [9.17, 15) is 33.0 Å². The molecule has 0 spiro atoms. The Morgan fingerprint density at radius 2 is 1.58 bits per heavy atom. The molecule has 0 saturated carbocycles. The van der Waals surface area contributed by atoms with E-state index in [-0.39, 0.29) is 40.7 Å². The molecular weight excluding hydrogens is 450 g/mol. The molecule has 0 aliphatic rings. The van der Waals surface area contributed by atoms with E-state index in [0.29, 0.717) is 28.9 Å². The van der Waals surface area contributed by atoms with Crippen molar-refractivity contribution < 1.29 is 32.5 Å². The molecule has 10 heteroatoms. The lowest BCUT2D eigenvalue weighted by atomic mass is 10.0. The van der Waals surface area contributed by atoms with Gasteiger partial charge in [0.15, 0.2) is 5.78 Å². The summed E-state index contributed by atoms with van der Waals surface area (Å²) in [5.41, 5.74) is 1.23. The standard InChI is InChI=1S/C23H21NO8S/c1-15-4-13-21(33(29,30)31)20(22(15)25)3-2-14-32-19-11-7-17(8-12-19)23(26)16-5-9-18(10-6-16)24(27)28/h4-13,25H,2-3,14H2,1H3,(H,29,30,31). The van der Waals surface area contributed by atoms with Crippen LogP contribution in [0.25, 0.3) is 0 Å². The van der Waals surface area contributed by atoms with Crippen LogP contribution in [0.2, 0.25) is 0 Å². The highest BCUT2D eigenvalue weighted by atomic mass is 32.2. The summed E-state index contributed by atoms with van der Waals surface area (Å²) in [7, 11) is -4.47. The number of hydrogen-bond donors (Lipinski definition) is 2. The average molecular weight is 471 g/mol. The number of nitro groups is 1. The molecule has 0 aromatic heterocycles. The Bertz CT molecular complexity index is 1280. The van der Waals surface area contributed by atoms with Crippen molar-refractivity contribution in [1.29, 1.82) is 0 Å². The summed E-state index contributed by atoms with van der Waals surface area (Å²) >= 11 is 0. The minimum absolute atomic E-state index is 0.0991. The first-order valence-electron chi connectivity index (χ1n) is 9.89. The summed E-state index contributed by atoms with van der Waals surface area (Å²) in [5.74, 6) is 0.0158. The van der Waals surface area contributed by atoms with Crippen LogP contribution in [0.5, 0.6) is 11.5 Å². The second kappa shape index (κ2) is 9.80. The van der Waals surface area contributed by atoms with Crippen LogP contribution < -0.4 is 4.74 Å². The molecule has 0 aliphatic carbocycles. The van der Waals surface area contributed by atoms with E-state index in [4.69, 9.17) is 4.74 Å². The van der Waals surface area contributed by atoms with Crippen molar-refractivity contribution in [2.45, 2.75) is 24.7 Å². The third-order valence-electron chi connectivity index (χ3n) is 5.02. The first-order chi connectivity index (χ1) is 15.6. The average Bonchev–Trinajstić information content (AvgIpc) is 2.78. The van der Waals surface area contributed by atoms with Gasteiger partial charge in [0.1, 0.15) is 16.4 Å². The highest BCUT2D eigenvalue weighted by Crippen LogP contribution is 2.30. The van der Waals surface area contributed by atoms with E-state index >= 15 is 0 Å². The van der Waals surface area contributed by atoms with Crippen LogP contribution in [0.4, 0.5) is 5.69 Å². The van der Waals surface area contributed by atoms with Crippen LogP contribution in [0.3, 0.4) is 0 Å². The molecule has 3 rings (SSSR count). The van der Waals surface area contributed by atoms with Crippen molar-refractivity contribution in [2.24, 2.45) is 0 Å². The molecule has 172 valence electrons. The van der Waals surface area contributed by atoms with E-state index in [0.717, 1.165) is 0 Å². The van der Waals surface area contributed by atoms with Gasteiger partial charge < -0.3 is 9.84 Å². The summed E-state index contributed by atoms with van der Waals surface area (Å²) in [4.78, 5) is 22.4. The van der Waals surface area contributed by atoms with Gasteiger partial charge in [0.05, 0.1) is 11.5 Å². The molecule has 0 heterocycles. The fraction of sp³-hybridized carbons (Fsp3) is 0.174. The normalized spacial score (nSPS) is 11.2. The van der Waals surface area contributed by atoms with Crippen molar-refractivity contribution in [3.63, 3.8) is 0 Å². The van der Waals surface area contributed by atoms with Crippen molar-refractivity contribution in [2.75, 3.05) is 6.61 Å². The van der Waals surface area contributed by atoms with Gasteiger partial charge in [-0.15, -0.1) is 0 Å². The van der Waals surface area contributed by atoms with Gasteiger partial charge in [0.25, 0.3) is 15.8 Å². The van der Waals surface area contributed by atoms with Crippen LogP contribution in [-0.2, 0) is 16.5 Å². The lowest BCUT2D eigenvalue weighted by Crippen LogP contribution is -2.07. The Morgan fingerprint density at radius 3 is 2.12 bits per heavy atom. The zero-order valence-corrected chi connectivity index (χ0v) is 18.4. The topological polar surface area (TPSA) is 144 Å². The van der Waals surface area contributed by atoms with Crippen LogP contribution in [0.1, 0.15) is 33.5 Å². The predicted octanol–water partition coefficient (Wildman–Crippen LogP) is 4.10. The summed E-state index contributed by atoms with van der Waals surface area (Å²) in [5, 5.41) is 20.9. The SMILES string of the molecule is Cc1ccc(S(=O)(=O)O)c(CCCOc2ccc(C(=O)c3ccc([N+](=O)[O-])cc3)cc2)c1O. The van der Waals surface area contributed by atoms with Gasteiger partial charge in [-0.1, -0.05) is 6.07 Å². The molecular formula is C23H21NO8S. The Kier molecular flexibility index (Phi) is 7.10. The molecule has 9 nitrogen and oxygen atoms in total. The van der Waals surface area contributed by atoms with E-state index in [2.05, 4.69) is 0 Å². The second-order valence-corrected chi connectivity index (χ2v) is 8.68. The number of aryl methyl sites for hydroxylation is 1. The van der Waals surface area contributed by atoms with Crippen LogP contribution in [0.15, 0.2) is 65.6 Å². The minimum Gasteiger partial charge on any atom is -0.507 e. The van der Waals surface area contributed by atoms with Gasteiger partial charge in [0.2, 0.25) is 0 Å². The number of nitrogens with zero attached hydrogens (tertiary/aromatic N) is 1. The predicted molar refractivity (Wildman–Crippen MR) is 119 cm³/mol. The summed E-state index contributed by atoms with van der Waals surface area (Å²) in [6, 6.07) is 14.3. The maximum atomic E-state index is 12.5. The zero-order chi connectivity index (χ0) is 24.2. The van der Waals surface area contributed by atoms with Crippen LogP contribution in [0, 0.1) is 17.0 Å². The number of carbonyl (C=O) groups is 1. The maximum absolute atomic E-state index is 12.5. The fourth-order valence-corrected chi connectivity index (χ4v) is 4.01. The number of phenols is 1. The Balaban J connectivity index is 1.60. The second-order valence-electron chi connectivity index (χ2n) is 7.29. The molecule has 2 N–H and O–H groups in total. The summed E-state index contributed by atoms with van der Waals surface area (Å²) in [6.45, 7) is 1.83. The quantitative estimate of drug-likeness (QED) is 0.156. The first kappa shape index (κ1) is 23.9. The smallest absolute Gasteiger partial charge is 0.294 e. The minimum atomic E-state index is -4.47. The Hall–Kier alpha value is -3.76. The molecule has 3 aromatic carbocycles. The van der Waals surface area contributed by atoms with Gasteiger partial charge in [-0.25, -0.2) is 0 Å². The van der Waals surface area contributed by atoms with Crippen molar-refractivity contribution in [3.8, 4) is 11.5 Å². The van der Waals surface area contributed by atoms with E-state index in [1.54, 1.807) is 31.2 Å². The lowest BCUT2D eigenvalue weighted by molar-refractivity contribution is -0.384.